The van der Waals surface area contributed by atoms with Gasteiger partial charge in [-0.15, -0.1) is 0 Å². The average molecular weight is 341 g/mol. The van der Waals surface area contributed by atoms with Crippen molar-refractivity contribution in [1.82, 2.24) is 0 Å². The highest BCUT2D eigenvalue weighted by Gasteiger charge is 2.51. The van der Waals surface area contributed by atoms with E-state index in [1.54, 1.807) is 24.3 Å². The second-order valence-electron chi connectivity index (χ2n) is 5.24. The Bertz CT molecular complexity index is 536. The molecule has 0 saturated carbocycles. The van der Waals surface area contributed by atoms with Gasteiger partial charge in [0.2, 0.25) is 6.29 Å². The molecule has 0 bridgehead atoms. The fourth-order valence-corrected chi connectivity index (χ4v) is 2.67. The number of carbonyl (C=O) groups is 1. The van der Waals surface area contributed by atoms with E-state index in [0.717, 1.165) is 0 Å². The monoisotopic (exact) mass is 341 g/mol. The van der Waals surface area contributed by atoms with Crippen molar-refractivity contribution in [2.75, 3.05) is 34.2 Å². The standard InChI is InChI=1S/C16H23NO7/c1-19-11-12(20-2)14(21-3)16(24-13(11)15(18)22-4)23-10-7-5-9(17)6-8-10/h5-8,11-14,16H,17H2,1-4H3/t11-,12-,13-,14+,16+/m0/s1. The second-order valence-corrected chi connectivity index (χ2v) is 5.24. The molecular weight excluding hydrogens is 318 g/mol. The first-order chi connectivity index (χ1) is 11.5. The minimum Gasteiger partial charge on any atom is -0.467 e. The first kappa shape index (κ1) is 18.5. The molecule has 1 aromatic carbocycles. The van der Waals surface area contributed by atoms with Crippen LogP contribution in [0.4, 0.5) is 5.69 Å². The molecule has 1 aromatic rings. The highest BCUT2D eigenvalue weighted by molar-refractivity contribution is 5.75. The highest BCUT2D eigenvalue weighted by atomic mass is 16.7. The van der Waals surface area contributed by atoms with Crippen molar-refractivity contribution in [1.29, 1.82) is 0 Å². The number of esters is 1. The van der Waals surface area contributed by atoms with E-state index in [2.05, 4.69) is 0 Å². The minimum atomic E-state index is -1.00. The van der Waals surface area contributed by atoms with Crippen LogP contribution in [0.2, 0.25) is 0 Å². The van der Waals surface area contributed by atoms with Crippen molar-refractivity contribution < 1.29 is 33.2 Å². The zero-order valence-electron chi connectivity index (χ0n) is 14.1. The summed E-state index contributed by atoms with van der Waals surface area (Å²) >= 11 is 0. The van der Waals surface area contributed by atoms with Gasteiger partial charge in [-0.25, -0.2) is 4.79 Å². The van der Waals surface area contributed by atoms with Crippen LogP contribution in [0.15, 0.2) is 24.3 Å². The van der Waals surface area contributed by atoms with Crippen LogP contribution >= 0.6 is 0 Å². The molecule has 0 unspecified atom stereocenters. The molecule has 0 radical (unpaired) electrons. The Morgan fingerprint density at radius 2 is 1.54 bits per heavy atom. The Balaban J connectivity index is 2.26. The number of nitrogens with two attached hydrogens (primary N) is 1. The molecule has 0 spiro atoms. The van der Waals surface area contributed by atoms with Gasteiger partial charge >= 0.3 is 5.97 Å². The van der Waals surface area contributed by atoms with Crippen molar-refractivity contribution in [3.05, 3.63) is 24.3 Å². The van der Waals surface area contributed by atoms with E-state index in [0.29, 0.717) is 11.4 Å². The van der Waals surface area contributed by atoms with Crippen molar-refractivity contribution >= 4 is 11.7 Å². The number of benzene rings is 1. The molecule has 5 atom stereocenters. The van der Waals surface area contributed by atoms with Gasteiger partial charge in [-0.2, -0.15) is 0 Å². The zero-order valence-corrected chi connectivity index (χ0v) is 14.1. The van der Waals surface area contributed by atoms with Crippen molar-refractivity contribution in [2.45, 2.75) is 30.7 Å². The summed E-state index contributed by atoms with van der Waals surface area (Å²) in [4.78, 5) is 12.0. The Kier molecular flexibility index (Phi) is 6.38. The Labute approximate surface area is 140 Å². The molecule has 0 amide bonds. The number of anilines is 1. The summed E-state index contributed by atoms with van der Waals surface area (Å²) in [5, 5.41) is 0. The van der Waals surface area contributed by atoms with Gasteiger partial charge in [-0.1, -0.05) is 0 Å². The predicted molar refractivity (Wildman–Crippen MR) is 84.6 cm³/mol. The SMILES string of the molecule is COC(=O)[C@H]1O[C@@H](Oc2ccc(N)cc2)[C@H](OC)[C@@H](OC)[C@@H]1OC. The lowest BCUT2D eigenvalue weighted by Gasteiger charge is -2.43. The molecule has 1 fully saturated rings. The van der Waals surface area contributed by atoms with Gasteiger partial charge in [0.25, 0.3) is 0 Å². The molecule has 8 heteroatoms. The summed E-state index contributed by atoms with van der Waals surface area (Å²) in [7, 11) is 5.75. The smallest absolute Gasteiger partial charge is 0.338 e. The first-order valence-electron chi connectivity index (χ1n) is 7.39. The van der Waals surface area contributed by atoms with Crippen molar-refractivity contribution in [2.24, 2.45) is 0 Å². The molecule has 1 aliphatic rings. The van der Waals surface area contributed by atoms with Crippen LogP contribution in [-0.4, -0.2) is 65.1 Å². The van der Waals surface area contributed by atoms with Crippen LogP contribution in [0.25, 0.3) is 0 Å². The third kappa shape index (κ3) is 3.78. The van der Waals surface area contributed by atoms with Crippen molar-refractivity contribution in [3.8, 4) is 5.75 Å². The summed E-state index contributed by atoms with van der Waals surface area (Å²) in [6.07, 6.45) is -3.79. The van der Waals surface area contributed by atoms with Crippen molar-refractivity contribution in [3.63, 3.8) is 0 Å². The summed E-state index contributed by atoms with van der Waals surface area (Å²) in [5.41, 5.74) is 6.27. The molecule has 2 N–H and O–H groups in total. The maximum Gasteiger partial charge on any atom is 0.338 e. The van der Waals surface area contributed by atoms with Crippen LogP contribution in [0.5, 0.6) is 5.75 Å². The van der Waals surface area contributed by atoms with Crippen LogP contribution in [-0.2, 0) is 28.5 Å². The third-order valence-electron chi connectivity index (χ3n) is 3.88. The van der Waals surface area contributed by atoms with E-state index in [1.807, 2.05) is 0 Å². The molecule has 0 aliphatic carbocycles. The van der Waals surface area contributed by atoms with E-state index in [4.69, 9.17) is 34.2 Å². The molecular formula is C16H23NO7. The first-order valence-corrected chi connectivity index (χ1v) is 7.39. The maximum absolute atomic E-state index is 12.0. The Morgan fingerprint density at radius 1 is 0.958 bits per heavy atom. The normalized spacial score (nSPS) is 29.9. The number of ether oxygens (including phenoxy) is 6. The van der Waals surface area contributed by atoms with Crippen LogP contribution in [0.1, 0.15) is 0 Å². The topological polar surface area (TPSA) is 98.5 Å². The number of hydrogen-bond acceptors (Lipinski definition) is 8. The largest absolute Gasteiger partial charge is 0.467 e. The third-order valence-corrected chi connectivity index (χ3v) is 3.88. The van der Waals surface area contributed by atoms with Crippen LogP contribution in [0.3, 0.4) is 0 Å². The Hall–Kier alpha value is -1.87. The van der Waals surface area contributed by atoms with Gasteiger partial charge in [0.1, 0.15) is 24.1 Å². The lowest BCUT2D eigenvalue weighted by atomic mass is 9.98. The number of methoxy groups -OCH3 is 4. The Morgan fingerprint density at radius 3 is 2.04 bits per heavy atom. The van der Waals surface area contributed by atoms with Gasteiger partial charge in [-0.05, 0) is 24.3 Å². The number of nitrogen functional groups attached to an aromatic ring is 1. The van der Waals surface area contributed by atoms with E-state index >= 15 is 0 Å². The van der Waals surface area contributed by atoms with Gasteiger partial charge in [0, 0.05) is 27.0 Å². The summed E-state index contributed by atoms with van der Waals surface area (Å²) in [6, 6.07) is 6.79. The van der Waals surface area contributed by atoms with Gasteiger partial charge in [0.15, 0.2) is 6.10 Å². The summed E-state index contributed by atoms with van der Waals surface area (Å²) in [6.45, 7) is 0. The molecule has 24 heavy (non-hydrogen) atoms. The van der Waals surface area contributed by atoms with E-state index in [9.17, 15) is 4.79 Å². The maximum atomic E-state index is 12.0. The quantitative estimate of drug-likeness (QED) is 0.593. The molecule has 1 saturated heterocycles. The van der Waals surface area contributed by atoms with E-state index < -0.39 is 36.7 Å². The summed E-state index contributed by atoms with van der Waals surface area (Å²) < 4.78 is 32.7. The van der Waals surface area contributed by atoms with Crippen LogP contribution in [0, 0.1) is 0 Å². The van der Waals surface area contributed by atoms with Gasteiger partial charge < -0.3 is 34.2 Å². The van der Waals surface area contributed by atoms with E-state index in [1.165, 1.54) is 28.4 Å². The lowest BCUT2D eigenvalue weighted by molar-refractivity contribution is -0.285. The van der Waals surface area contributed by atoms with Crippen LogP contribution < -0.4 is 10.5 Å². The fourth-order valence-electron chi connectivity index (χ4n) is 2.67. The summed E-state index contributed by atoms with van der Waals surface area (Å²) in [5.74, 6) is -0.0602. The molecule has 0 aromatic heterocycles. The second kappa shape index (κ2) is 8.29. The molecule has 1 heterocycles. The molecule has 1 aliphatic heterocycles. The molecule has 8 nitrogen and oxygen atoms in total. The number of carbonyl (C=O) groups excluding carboxylic acids is 1. The number of rotatable bonds is 6. The highest BCUT2D eigenvalue weighted by Crippen LogP contribution is 2.29. The molecule has 2 rings (SSSR count). The van der Waals surface area contributed by atoms with Gasteiger partial charge in [0.05, 0.1) is 7.11 Å². The average Bonchev–Trinajstić information content (AvgIpc) is 2.61. The van der Waals surface area contributed by atoms with E-state index in [-0.39, 0.29) is 0 Å². The van der Waals surface area contributed by atoms with Gasteiger partial charge in [-0.3, -0.25) is 0 Å². The zero-order chi connectivity index (χ0) is 17.7. The number of hydrogen-bond donors (Lipinski definition) is 1. The molecule has 134 valence electrons. The predicted octanol–water partition coefficient (Wildman–Crippen LogP) is 0.591. The fraction of sp³-hybridized carbons (Fsp3) is 0.562. The lowest BCUT2D eigenvalue weighted by Crippen LogP contribution is -2.63. The minimum absolute atomic E-state index is 0.519.